The van der Waals surface area contributed by atoms with Crippen LogP contribution in [-0.4, -0.2) is 37.3 Å². The van der Waals surface area contributed by atoms with Crippen molar-refractivity contribution >= 4 is 22.3 Å². The van der Waals surface area contributed by atoms with Crippen LogP contribution in [0.2, 0.25) is 0 Å². The average molecular weight is 267 g/mol. The van der Waals surface area contributed by atoms with Crippen LogP contribution in [0.3, 0.4) is 0 Å². The second kappa shape index (κ2) is 5.36. The molecule has 0 aliphatic rings. The molecule has 2 rings (SSSR count). The van der Waals surface area contributed by atoms with Crippen LogP contribution in [0.1, 0.15) is 0 Å². The molecule has 0 fully saturated rings. The van der Waals surface area contributed by atoms with E-state index < -0.39 is 11.6 Å². The number of rotatable bonds is 4. The Hall–Kier alpha value is -1.95. The van der Waals surface area contributed by atoms with Gasteiger partial charge in [0, 0.05) is 32.1 Å². The van der Waals surface area contributed by atoms with Crippen molar-refractivity contribution in [3.8, 4) is 0 Å². The smallest absolute Gasteiger partial charge is 0.139 e. The first kappa shape index (κ1) is 13.5. The largest absolute Gasteiger partial charge is 0.395 e. The molecule has 0 aliphatic heterocycles. The third kappa shape index (κ3) is 2.44. The number of nitrogens with zero attached hydrogens (tertiary/aromatic N) is 2. The molecule has 1 heterocycles. The third-order valence-electron chi connectivity index (χ3n) is 2.95. The highest BCUT2D eigenvalue weighted by Gasteiger charge is 2.15. The van der Waals surface area contributed by atoms with Gasteiger partial charge in [0.15, 0.2) is 0 Å². The van der Waals surface area contributed by atoms with Crippen molar-refractivity contribution in [2.24, 2.45) is 0 Å². The van der Waals surface area contributed by atoms with Crippen molar-refractivity contribution in [1.82, 2.24) is 4.98 Å². The molecule has 19 heavy (non-hydrogen) atoms. The molecule has 0 spiro atoms. The van der Waals surface area contributed by atoms with Gasteiger partial charge in [-0.3, -0.25) is 0 Å². The highest BCUT2D eigenvalue weighted by Crippen LogP contribution is 2.32. The first-order chi connectivity index (χ1) is 9.08. The predicted molar refractivity (Wildman–Crippen MR) is 71.6 cm³/mol. The van der Waals surface area contributed by atoms with Gasteiger partial charge in [-0.25, -0.2) is 13.8 Å². The predicted octanol–water partition coefficient (Wildman–Crippen LogP) is 1.98. The van der Waals surface area contributed by atoms with Gasteiger partial charge in [-0.05, 0) is 6.07 Å². The van der Waals surface area contributed by atoms with Gasteiger partial charge in [0.25, 0.3) is 0 Å². The van der Waals surface area contributed by atoms with E-state index in [2.05, 4.69) is 10.3 Å². The van der Waals surface area contributed by atoms with Gasteiger partial charge in [-0.1, -0.05) is 0 Å². The maximum atomic E-state index is 14.0. The van der Waals surface area contributed by atoms with Gasteiger partial charge in [0.05, 0.1) is 23.9 Å². The normalized spacial score (nSPS) is 10.8. The zero-order valence-corrected chi connectivity index (χ0v) is 10.7. The summed E-state index contributed by atoms with van der Waals surface area (Å²) < 4.78 is 27.4. The highest BCUT2D eigenvalue weighted by atomic mass is 19.1. The fraction of sp³-hybridized carbons (Fsp3) is 0.308. The number of benzene rings is 1. The lowest BCUT2D eigenvalue weighted by atomic mass is 10.1. The fourth-order valence-electron chi connectivity index (χ4n) is 2.02. The Morgan fingerprint density at radius 2 is 2.11 bits per heavy atom. The molecule has 0 amide bonds. The molecule has 1 aromatic carbocycles. The molecule has 2 N–H and O–H groups in total. The van der Waals surface area contributed by atoms with Gasteiger partial charge in [-0.2, -0.15) is 0 Å². The van der Waals surface area contributed by atoms with E-state index in [0.717, 1.165) is 6.07 Å². The van der Waals surface area contributed by atoms with Crippen molar-refractivity contribution in [1.29, 1.82) is 0 Å². The number of hydrogen-bond acceptors (Lipinski definition) is 4. The number of aliphatic hydroxyl groups is 1. The van der Waals surface area contributed by atoms with Crippen LogP contribution in [0.4, 0.5) is 20.3 Å². The van der Waals surface area contributed by atoms with Crippen LogP contribution in [0.5, 0.6) is 0 Å². The van der Waals surface area contributed by atoms with Gasteiger partial charge in [0.2, 0.25) is 0 Å². The van der Waals surface area contributed by atoms with Crippen LogP contribution in [0, 0.1) is 11.6 Å². The number of fused-ring (bicyclic) bond motifs is 1. The molecule has 0 saturated heterocycles. The summed E-state index contributed by atoms with van der Waals surface area (Å²) in [6.45, 7) is 0.244. The average Bonchev–Trinajstić information content (AvgIpc) is 2.37. The van der Waals surface area contributed by atoms with E-state index in [9.17, 15) is 8.78 Å². The molecule has 0 saturated carbocycles. The molecular formula is C13H15F2N3O. The van der Waals surface area contributed by atoms with Gasteiger partial charge in [0.1, 0.15) is 17.5 Å². The Morgan fingerprint density at radius 3 is 2.74 bits per heavy atom. The first-order valence-corrected chi connectivity index (χ1v) is 5.86. The first-order valence-electron chi connectivity index (χ1n) is 5.86. The third-order valence-corrected chi connectivity index (χ3v) is 2.95. The molecule has 6 heteroatoms. The number of halogens is 2. The lowest BCUT2D eigenvalue weighted by Gasteiger charge is -2.20. The minimum absolute atomic E-state index is 0.0731. The lowest BCUT2D eigenvalue weighted by molar-refractivity contribution is 0.304. The van der Waals surface area contributed by atoms with Crippen molar-refractivity contribution in [3.63, 3.8) is 0 Å². The van der Waals surface area contributed by atoms with E-state index in [1.165, 1.54) is 12.3 Å². The van der Waals surface area contributed by atoms with Crippen molar-refractivity contribution in [3.05, 3.63) is 30.0 Å². The van der Waals surface area contributed by atoms with Gasteiger partial charge < -0.3 is 15.3 Å². The molecule has 0 atom stereocenters. The van der Waals surface area contributed by atoms with Crippen molar-refractivity contribution in [2.75, 3.05) is 37.5 Å². The molecule has 0 radical (unpaired) electrons. The SMILES string of the molecule is CNc1cnc(N(C)CCO)c2c(F)cc(F)cc12. The van der Waals surface area contributed by atoms with E-state index in [0.29, 0.717) is 23.4 Å². The second-order valence-electron chi connectivity index (χ2n) is 4.20. The van der Waals surface area contributed by atoms with Crippen molar-refractivity contribution < 1.29 is 13.9 Å². The quantitative estimate of drug-likeness (QED) is 0.889. The standard InChI is InChI=1S/C13H15F2N3O/c1-16-11-7-17-13(18(2)3-4-19)12-9(11)5-8(14)6-10(12)15/h5-7,16,19H,3-4H2,1-2H3. The number of hydrogen-bond donors (Lipinski definition) is 2. The molecular weight excluding hydrogens is 252 g/mol. The molecule has 102 valence electrons. The van der Waals surface area contributed by atoms with E-state index in [1.807, 2.05) is 0 Å². The molecule has 0 bridgehead atoms. The summed E-state index contributed by atoms with van der Waals surface area (Å²) in [5.41, 5.74) is 0.551. The fourth-order valence-corrected chi connectivity index (χ4v) is 2.02. The summed E-state index contributed by atoms with van der Waals surface area (Å²) in [5.74, 6) is -0.927. The van der Waals surface area contributed by atoms with Gasteiger partial charge in [-0.15, -0.1) is 0 Å². The Morgan fingerprint density at radius 1 is 1.37 bits per heavy atom. The number of aliphatic hydroxyl groups excluding tert-OH is 1. The van der Waals surface area contributed by atoms with Gasteiger partial charge >= 0.3 is 0 Å². The minimum Gasteiger partial charge on any atom is -0.395 e. The topological polar surface area (TPSA) is 48.4 Å². The molecule has 2 aromatic rings. The second-order valence-corrected chi connectivity index (χ2v) is 4.20. The highest BCUT2D eigenvalue weighted by molar-refractivity contribution is 6.00. The van der Waals surface area contributed by atoms with E-state index in [4.69, 9.17) is 5.11 Å². The Kier molecular flexibility index (Phi) is 3.80. The summed E-state index contributed by atoms with van der Waals surface area (Å²) >= 11 is 0. The lowest BCUT2D eigenvalue weighted by Crippen LogP contribution is -2.22. The summed E-state index contributed by atoms with van der Waals surface area (Å²) in [4.78, 5) is 5.80. The zero-order valence-electron chi connectivity index (χ0n) is 10.7. The summed E-state index contributed by atoms with van der Waals surface area (Å²) in [6.07, 6.45) is 1.52. The van der Waals surface area contributed by atoms with E-state index in [-0.39, 0.29) is 12.0 Å². The number of pyridine rings is 1. The molecule has 0 aliphatic carbocycles. The van der Waals surface area contributed by atoms with Crippen molar-refractivity contribution in [2.45, 2.75) is 0 Å². The van der Waals surface area contributed by atoms with Crippen LogP contribution >= 0.6 is 0 Å². The maximum Gasteiger partial charge on any atom is 0.139 e. The summed E-state index contributed by atoms with van der Waals surface area (Å²) in [7, 11) is 3.36. The van der Waals surface area contributed by atoms with Crippen LogP contribution in [0.15, 0.2) is 18.3 Å². The number of anilines is 2. The Labute approximate surface area is 109 Å². The Balaban J connectivity index is 2.73. The van der Waals surface area contributed by atoms with E-state index >= 15 is 0 Å². The molecule has 0 unspecified atom stereocenters. The van der Waals surface area contributed by atoms with Crippen LogP contribution in [-0.2, 0) is 0 Å². The van der Waals surface area contributed by atoms with Crippen LogP contribution in [0.25, 0.3) is 10.8 Å². The number of nitrogens with one attached hydrogen (secondary N) is 1. The molecule has 4 nitrogen and oxygen atoms in total. The minimum atomic E-state index is -0.667. The Bertz CT molecular complexity index is 604. The zero-order chi connectivity index (χ0) is 14.0. The monoisotopic (exact) mass is 267 g/mol. The number of likely N-dealkylation sites (N-methyl/N-ethyl adjacent to an activating group) is 1. The van der Waals surface area contributed by atoms with Crippen LogP contribution < -0.4 is 10.2 Å². The summed E-state index contributed by atoms with van der Waals surface area (Å²) in [5, 5.41) is 12.5. The molecule has 1 aromatic heterocycles. The summed E-state index contributed by atoms with van der Waals surface area (Å²) in [6, 6.07) is 2.10. The van der Waals surface area contributed by atoms with E-state index in [1.54, 1.807) is 19.0 Å². The maximum absolute atomic E-state index is 14.0. The number of aromatic nitrogens is 1.